The van der Waals surface area contributed by atoms with Crippen molar-refractivity contribution >= 4 is 22.4 Å². The molecule has 1 aliphatic carbocycles. The van der Waals surface area contributed by atoms with Crippen molar-refractivity contribution in [2.45, 2.75) is 63.5 Å². The molecule has 4 rings (SSSR count). The van der Waals surface area contributed by atoms with E-state index in [1.807, 2.05) is 25.1 Å². The molecular weight excluding hydrogens is 424 g/mol. The highest BCUT2D eigenvalue weighted by molar-refractivity contribution is 6.32. The van der Waals surface area contributed by atoms with Gasteiger partial charge in [-0.1, -0.05) is 30.7 Å². The first kappa shape index (κ1) is 22.7. The number of pyridine rings is 1. The van der Waals surface area contributed by atoms with Crippen molar-refractivity contribution in [2.75, 3.05) is 6.61 Å². The number of ether oxygens (including phenoxy) is 2. The molecule has 1 heterocycles. The maximum Gasteiger partial charge on any atom is 0.255 e. The summed E-state index contributed by atoms with van der Waals surface area (Å²) < 4.78 is 12.1. The summed E-state index contributed by atoms with van der Waals surface area (Å²) in [5.41, 5.74) is 7.70. The zero-order valence-corrected chi connectivity index (χ0v) is 19.5. The quantitative estimate of drug-likeness (QED) is 0.488. The van der Waals surface area contributed by atoms with Crippen molar-refractivity contribution in [3.63, 3.8) is 0 Å². The lowest BCUT2D eigenvalue weighted by Gasteiger charge is -2.44. The van der Waals surface area contributed by atoms with E-state index in [2.05, 4.69) is 30.1 Å². The topological polar surface area (TPSA) is 77.3 Å². The van der Waals surface area contributed by atoms with E-state index in [1.54, 1.807) is 12.3 Å². The second kappa shape index (κ2) is 9.55. The van der Waals surface area contributed by atoms with Crippen LogP contribution in [-0.2, 0) is 5.41 Å². The molecule has 32 heavy (non-hydrogen) atoms. The van der Waals surface area contributed by atoms with Gasteiger partial charge in [0, 0.05) is 23.0 Å². The zero-order valence-electron chi connectivity index (χ0n) is 18.7. The SMILES string of the molecule is CCOc1cccc(C2([C@H](N)CC)CCC(Oc3cc4cc[nH]c(=O)c4cc3Cl)CC2)c1. The number of H-pyrrole nitrogens is 1. The number of nitrogens with one attached hydrogen (secondary N) is 1. The fourth-order valence-corrected chi connectivity index (χ4v) is 5.22. The number of hydrogen-bond acceptors (Lipinski definition) is 4. The molecule has 170 valence electrons. The lowest BCUT2D eigenvalue weighted by atomic mass is 9.64. The Morgan fingerprint density at radius 2 is 1.97 bits per heavy atom. The molecule has 0 radical (unpaired) electrons. The van der Waals surface area contributed by atoms with Crippen molar-refractivity contribution < 1.29 is 9.47 Å². The molecule has 3 aromatic rings. The second-order valence-corrected chi connectivity index (χ2v) is 9.03. The third kappa shape index (κ3) is 4.37. The Bertz CT molecular complexity index is 1140. The van der Waals surface area contributed by atoms with Gasteiger partial charge in [-0.25, -0.2) is 0 Å². The fraction of sp³-hybridized carbons (Fsp3) is 0.423. The van der Waals surface area contributed by atoms with Crippen LogP contribution in [0.1, 0.15) is 51.5 Å². The van der Waals surface area contributed by atoms with E-state index in [-0.39, 0.29) is 23.1 Å². The van der Waals surface area contributed by atoms with E-state index in [1.165, 1.54) is 5.56 Å². The average Bonchev–Trinajstić information content (AvgIpc) is 2.81. The van der Waals surface area contributed by atoms with E-state index in [0.29, 0.717) is 22.8 Å². The largest absolute Gasteiger partial charge is 0.494 e. The van der Waals surface area contributed by atoms with Crippen LogP contribution in [0.4, 0.5) is 0 Å². The smallest absolute Gasteiger partial charge is 0.255 e. The van der Waals surface area contributed by atoms with Crippen molar-refractivity contribution in [1.29, 1.82) is 0 Å². The van der Waals surface area contributed by atoms with Crippen LogP contribution in [0.25, 0.3) is 10.8 Å². The van der Waals surface area contributed by atoms with Gasteiger partial charge >= 0.3 is 0 Å². The number of nitrogens with two attached hydrogens (primary N) is 1. The number of hydrogen-bond donors (Lipinski definition) is 2. The summed E-state index contributed by atoms with van der Waals surface area (Å²) in [6.45, 7) is 4.79. The van der Waals surface area contributed by atoms with Gasteiger partial charge in [-0.05, 0) is 80.3 Å². The summed E-state index contributed by atoms with van der Waals surface area (Å²) in [6, 6.07) is 13.9. The molecule has 3 N–H and O–H groups in total. The Morgan fingerprint density at radius 1 is 1.19 bits per heavy atom. The normalized spacial score (nSPS) is 21.9. The first-order chi connectivity index (χ1) is 15.5. The molecule has 5 nitrogen and oxygen atoms in total. The van der Waals surface area contributed by atoms with Crippen LogP contribution in [0.5, 0.6) is 11.5 Å². The van der Waals surface area contributed by atoms with Gasteiger partial charge in [-0.15, -0.1) is 0 Å². The van der Waals surface area contributed by atoms with Crippen LogP contribution >= 0.6 is 11.6 Å². The van der Waals surface area contributed by atoms with E-state index < -0.39 is 0 Å². The van der Waals surface area contributed by atoms with Gasteiger partial charge < -0.3 is 20.2 Å². The average molecular weight is 455 g/mol. The second-order valence-electron chi connectivity index (χ2n) is 8.63. The van der Waals surface area contributed by atoms with Crippen LogP contribution in [0, 0.1) is 0 Å². The molecule has 2 aromatic carbocycles. The summed E-state index contributed by atoms with van der Waals surface area (Å²) in [6.07, 6.45) is 6.25. The van der Waals surface area contributed by atoms with E-state index in [9.17, 15) is 4.79 Å². The minimum absolute atomic E-state index is 0.0548. The molecule has 0 saturated heterocycles. The lowest BCUT2D eigenvalue weighted by Crippen LogP contribution is -2.48. The minimum atomic E-state index is -0.152. The molecule has 0 aliphatic heterocycles. The molecule has 0 bridgehead atoms. The number of benzene rings is 2. The van der Waals surface area contributed by atoms with Crippen LogP contribution in [-0.4, -0.2) is 23.7 Å². The number of aromatic amines is 1. The Labute approximate surface area is 193 Å². The molecule has 1 aliphatic rings. The van der Waals surface area contributed by atoms with Gasteiger partial charge in [0.25, 0.3) is 5.56 Å². The summed E-state index contributed by atoms with van der Waals surface area (Å²) in [4.78, 5) is 14.7. The van der Waals surface area contributed by atoms with Crippen LogP contribution in [0.15, 0.2) is 53.5 Å². The van der Waals surface area contributed by atoms with Gasteiger partial charge in [0.1, 0.15) is 11.5 Å². The highest BCUT2D eigenvalue weighted by Gasteiger charge is 2.42. The van der Waals surface area contributed by atoms with Crippen molar-refractivity contribution in [3.8, 4) is 11.5 Å². The molecule has 1 atom stereocenters. The third-order valence-corrected chi connectivity index (χ3v) is 7.11. The number of halogens is 1. The Hall–Kier alpha value is -2.50. The van der Waals surface area contributed by atoms with E-state index >= 15 is 0 Å². The molecular formula is C26H31ClN2O3. The fourth-order valence-electron chi connectivity index (χ4n) is 5.01. The Balaban J connectivity index is 1.55. The van der Waals surface area contributed by atoms with Gasteiger partial charge in [0.15, 0.2) is 0 Å². The summed E-state index contributed by atoms with van der Waals surface area (Å²) in [7, 11) is 0. The molecule has 0 spiro atoms. The van der Waals surface area contributed by atoms with Crippen molar-refractivity contribution in [1.82, 2.24) is 4.98 Å². The highest BCUT2D eigenvalue weighted by Crippen LogP contribution is 2.44. The summed E-state index contributed by atoms with van der Waals surface area (Å²) in [5.74, 6) is 1.52. The van der Waals surface area contributed by atoms with E-state index in [0.717, 1.165) is 43.2 Å². The zero-order chi connectivity index (χ0) is 22.7. The number of rotatable bonds is 7. The molecule has 1 fully saturated rings. The van der Waals surface area contributed by atoms with E-state index in [4.69, 9.17) is 26.8 Å². The monoisotopic (exact) mass is 454 g/mol. The molecule has 1 saturated carbocycles. The molecule has 1 aromatic heterocycles. The van der Waals surface area contributed by atoms with Gasteiger partial charge in [-0.2, -0.15) is 0 Å². The van der Waals surface area contributed by atoms with Crippen molar-refractivity contribution in [3.05, 3.63) is 69.6 Å². The van der Waals surface area contributed by atoms with Crippen LogP contribution in [0.2, 0.25) is 5.02 Å². The lowest BCUT2D eigenvalue weighted by molar-refractivity contribution is 0.104. The van der Waals surface area contributed by atoms with Gasteiger partial charge in [0.2, 0.25) is 0 Å². The maximum absolute atomic E-state index is 12.0. The summed E-state index contributed by atoms with van der Waals surface area (Å²) in [5, 5.41) is 1.84. The third-order valence-electron chi connectivity index (χ3n) is 6.81. The first-order valence-electron chi connectivity index (χ1n) is 11.4. The maximum atomic E-state index is 12.0. The Kier molecular flexibility index (Phi) is 6.77. The summed E-state index contributed by atoms with van der Waals surface area (Å²) >= 11 is 6.45. The predicted octanol–water partition coefficient (Wildman–Crippen LogP) is 5.58. The van der Waals surface area contributed by atoms with Gasteiger partial charge in [0.05, 0.1) is 17.7 Å². The molecule has 0 amide bonds. The first-order valence-corrected chi connectivity index (χ1v) is 11.8. The van der Waals surface area contributed by atoms with Gasteiger partial charge in [-0.3, -0.25) is 4.79 Å². The van der Waals surface area contributed by atoms with Crippen LogP contribution < -0.4 is 20.8 Å². The number of aromatic nitrogens is 1. The Morgan fingerprint density at radius 3 is 2.69 bits per heavy atom. The molecule has 6 heteroatoms. The number of fused-ring (bicyclic) bond motifs is 1. The highest BCUT2D eigenvalue weighted by atomic mass is 35.5. The van der Waals surface area contributed by atoms with Crippen LogP contribution in [0.3, 0.4) is 0 Å². The standard InChI is InChI=1S/C26H31ClN2O3/c1-3-24(28)26(18-6-5-7-20(15-18)31-4-2)11-8-19(9-12-26)32-23-14-17-10-13-29-25(30)21(17)16-22(23)27/h5-7,10,13-16,19,24H,3-4,8-9,11-12,28H2,1-2H3,(H,29,30)/t19?,24-,26?/m1/s1. The predicted molar refractivity (Wildman–Crippen MR) is 130 cm³/mol. The van der Waals surface area contributed by atoms with Crippen molar-refractivity contribution in [2.24, 2.45) is 5.73 Å². The molecule has 0 unspecified atom stereocenters. The minimum Gasteiger partial charge on any atom is -0.494 e.